The van der Waals surface area contributed by atoms with Crippen molar-refractivity contribution in [3.8, 4) is 5.75 Å². The summed E-state index contributed by atoms with van der Waals surface area (Å²) in [5.41, 5.74) is 0. The summed E-state index contributed by atoms with van der Waals surface area (Å²) in [6.07, 6.45) is 3.84. The predicted molar refractivity (Wildman–Crippen MR) is 50.6 cm³/mol. The van der Waals surface area contributed by atoms with Crippen molar-refractivity contribution in [3.63, 3.8) is 0 Å². The molecule has 0 radical (unpaired) electrons. The number of hydrogen-bond acceptors (Lipinski definition) is 2. The number of ether oxygens (including phenoxy) is 1. The van der Waals surface area contributed by atoms with E-state index in [0.717, 1.165) is 5.75 Å². The SMILES string of the molecule is COc1cc2cnccc2c2c1[I-]C[I-]2. The summed E-state index contributed by atoms with van der Waals surface area (Å²) in [5, 5.41) is 2.66. The van der Waals surface area contributed by atoms with Crippen molar-refractivity contribution in [3.05, 3.63) is 31.7 Å². The average molecular weight is 425 g/mol. The van der Waals surface area contributed by atoms with Crippen molar-refractivity contribution < 1.29 is 47.1 Å². The topological polar surface area (TPSA) is 22.1 Å². The Morgan fingerprint density at radius 3 is 3.07 bits per heavy atom. The predicted octanol–water partition coefficient (Wildman–Crippen LogP) is -4.27. The first-order chi connectivity index (χ1) is 7.40. The van der Waals surface area contributed by atoms with Gasteiger partial charge in [0.25, 0.3) is 0 Å². The van der Waals surface area contributed by atoms with E-state index in [4.69, 9.17) is 4.74 Å². The van der Waals surface area contributed by atoms with Gasteiger partial charge < -0.3 is 0 Å². The fourth-order valence-electron chi connectivity index (χ4n) is 1.68. The summed E-state index contributed by atoms with van der Waals surface area (Å²) >= 11 is 0.462. The molecule has 0 atom stereocenters. The maximum atomic E-state index is 5.48. The molecular formula is C11H9I2NO-2. The summed E-state index contributed by atoms with van der Waals surface area (Å²) in [6, 6.07) is 4.30. The monoisotopic (exact) mass is 425 g/mol. The third-order valence-corrected chi connectivity index (χ3v) is 11.6. The van der Waals surface area contributed by atoms with Gasteiger partial charge >= 0.3 is 110 Å². The van der Waals surface area contributed by atoms with E-state index in [-0.39, 0.29) is 42.4 Å². The van der Waals surface area contributed by atoms with E-state index in [0.29, 0.717) is 0 Å². The van der Waals surface area contributed by atoms with Gasteiger partial charge in [0.05, 0.1) is 0 Å². The van der Waals surface area contributed by atoms with Gasteiger partial charge in [-0.15, -0.1) is 0 Å². The third-order valence-electron chi connectivity index (χ3n) is 2.37. The second kappa shape index (κ2) is 4.04. The average Bonchev–Trinajstić information content (AvgIpc) is 2.77. The summed E-state index contributed by atoms with van der Waals surface area (Å²) in [4.78, 5) is 4.18. The van der Waals surface area contributed by atoms with Gasteiger partial charge in [-0.25, -0.2) is 0 Å². The van der Waals surface area contributed by atoms with Crippen LogP contribution >= 0.6 is 0 Å². The fourth-order valence-corrected chi connectivity index (χ4v) is 12.1. The molecule has 0 aliphatic carbocycles. The summed E-state index contributed by atoms with van der Waals surface area (Å²) < 4.78 is 10.1. The molecule has 2 heterocycles. The molecule has 1 aliphatic rings. The van der Waals surface area contributed by atoms with Crippen LogP contribution < -0.4 is 47.1 Å². The van der Waals surface area contributed by atoms with Crippen molar-refractivity contribution in [2.24, 2.45) is 0 Å². The standard InChI is InChI=1S/C11H9I2NO/c1-15-9-4-7-5-14-3-2-8(7)10-11(9)13-6-12-10/h2-5H,6H2,1H3/q-2. The number of nitrogens with zero attached hydrogens (tertiary/aromatic N) is 1. The molecular weight excluding hydrogens is 416 g/mol. The van der Waals surface area contributed by atoms with Crippen molar-refractivity contribution in [1.82, 2.24) is 4.98 Å². The van der Waals surface area contributed by atoms with Crippen LogP contribution in [0.5, 0.6) is 5.75 Å². The number of pyridine rings is 1. The van der Waals surface area contributed by atoms with E-state index in [2.05, 4.69) is 17.1 Å². The Kier molecular flexibility index (Phi) is 2.71. The Morgan fingerprint density at radius 2 is 2.20 bits per heavy atom. The first-order valence-corrected chi connectivity index (χ1v) is 9.74. The Bertz CT molecular complexity index is 527. The Hall–Kier alpha value is -0.110. The van der Waals surface area contributed by atoms with Crippen LogP contribution in [-0.4, -0.2) is 14.5 Å². The fraction of sp³-hybridized carbons (Fsp3) is 0.182. The second-order valence-electron chi connectivity index (χ2n) is 3.17. The zero-order chi connectivity index (χ0) is 10.3. The second-order valence-corrected chi connectivity index (χ2v) is 11.3. The van der Waals surface area contributed by atoms with Crippen LogP contribution in [0, 0.1) is 7.14 Å². The van der Waals surface area contributed by atoms with Crippen molar-refractivity contribution >= 4 is 10.8 Å². The number of benzene rings is 1. The van der Waals surface area contributed by atoms with Crippen LogP contribution in [0.4, 0.5) is 0 Å². The normalized spacial score (nSPS) is 15.3. The van der Waals surface area contributed by atoms with E-state index in [1.165, 1.54) is 13.2 Å². The Labute approximate surface area is 109 Å². The number of fused-ring (bicyclic) bond motifs is 3. The van der Waals surface area contributed by atoms with Crippen LogP contribution in [0.2, 0.25) is 0 Å². The Morgan fingerprint density at radius 1 is 1.33 bits per heavy atom. The van der Waals surface area contributed by atoms with E-state index < -0.39 is 0 Å². The molecule has 0 N–H and O–H groups in total. The number of hydrogen-bond donors (Lipinski definition) is 0. The van der Waals surface area contributed by atoms with Crippen molar-refractivity contribution in [1.29, 1.82) is 0 Å². The molecule has 3 rings (SSSR count). The number of halogens is 2. The van der Waals surface area contributed by atoms with Crippen LogP contribution in [0.1, 0.15) is 0 Å². The van der Waals surface area contributed by atoms with Gasteiger partial charge in [0, 0.05) is 0 Å². The zero-order valence-electron chi connectivity index (χ0n) is 8.13. The van der Waals surface area contributed by atoms with E-state index in [1.54, 1.807) is 14.3 Å². The molecule has 0 fully saturated rings. The number of rotatable bonds is 1. The molecule has 0 saturated heterocycles. The molecule has 1 aliphatic heterocycles. The summed E-state index contributed by atoms with van der Waals surface area (Å²) in [7, 11) is 1.78. The van der Waals surface area contributed by atoms with Crippen LogP contribution in [-0.2, 0) is 0 Å². The molecule has 0 unspecified atom stereocenters. The quantitative estimate of drug-likeness (QED) is 0.342. The van der Waals surface area contributed by atoms with Gasteiger partial charge in [0.15, 0.2) is 0 Å². The van der Waals surface area contributed by atoms with Gasteiger partial charge in [-0.2, -0.15) is 0 Å². The molecule has 2 nitrogen and oxygen atoms in total. The molecule has 1 aromatic heterocycles. The number of alkyl halides is 2. The van der Waals surface area contributed by atoms with E-state index >= 15 is 0 Å². The minimum atomic E-state index is 0.223. The zero-order valence-corrected chi connectivity index (χ0v) is 12.4. The van der Waals surface area contributed by atoms with Crippen LogP contribution in [0.15, 0.2) is 24.5 Å². The van der Waals surface area contributed by atoms with Gasteiger partial charge in [0.2, 0.25) is 0 Å². The molecule has 15 heavy (non-hydrogen) atoms. The van der Waals surface area contributed by atoms with Gasteiger partial charge in [-0.3, -0.25) is 0 Å². The van der Waals surface area contributed by atoms with Crippen LogP contribution in [0.3, 0.4) is 0 Å². The van der Waals surface area contributed by atoms with Crippen molar-refractivity contribution in [2.45, 2.75) is 0 Å². The van der Waals surface area contributed by atoms with Crippen molar-refractivity contribution in [2.75, 3.05) is 9.54 Å². The molecule has 4 heteroatoms. The van der Waals surface area contributed by atoms with Crippen LogP contribution in [0.25, 0.3) is 10.8 Å². The molecule has 2 aromatic rings. The van der Waals surface area contributed by atoms with Gasteiger partial charge in [-0.1, -0.05) is 0 Å². The first kappa shape index (κ1) is 10.1. The maximum absolute atomic E-state index is 5.48. The third kappa shape index (κ3) is 1.61. The molecule has 80 valence electrons. The molecule has 0 bridgehead atoms. The number of aromatic nitrogens is 1. The van der Waals surface area contributed by atoms with E-state index in [1.807, 2.05) is 12.4 Å². The van der Waals surface area contributed by atoms with Gasteiger partial charge in [-0.05, 0) is 0 Å². The minimum absolute atomic E-state index is 0.223. The molecule has 0 spiro atoms. The van der Waals surface area contributed by atoms with Gasteiger partial charge in [0.1, 0.15) is 0 Å². The van der Waals surface area contributed by atoms with E-state index in [9.17, 15) is 0 Å². The molecule has 0 saturated carbocycles. The summed E-state index contributed by atoms with van der Waals surface area (Å²) in [5.74, 6) is 1.11. The summed E-state index contributed by atoms with van der Waals surface area (Å²) in [6.45, 7) is 0. The molecule has 0 amide bonds. The first-order valence-electron chi connectivity index (χ1n) is 4.53. The number of methoxy groups -OCH3 is 1. The Balaban J connectivity index is 2.40. The molecule has 1 aromatic carbocycles.